The maximum Gasteiger partial charge on any atom is 0.305 e. The van der Waals surface area contributed by atoms with Gasteiger partial charge in [0, 0.05) is 19.6 Å². The van der Waals surface area contributed by atoms with Crippen molar-refractivity contribution in [2.24, 2.45) is 0 Å². The fraction of sp³-hybridized carbons (Fsp3) is 0.556. The van der Waals surface area contributed by atoms with Crippen molar-refractivity contribution in [3.8, 4) is 11.5 Å². The van der Waals surface area contributed by atoms with E-state index >= 15 is 0 Å². The molecule has 1 heterocycles. The van der Waals surface area contributed by atoms with Gasteiger partial charge in [0.25, 0.3) is 0 Å². The molecule has 0 atom stereocenters. The molecular formula is C18H25NO6. The molecule has 0 bridgehead atoms. The molecule has 1 aliphatic heterocycles. The van der Waals surface area contributed by atoms with Crippen LogP contribution in [0.25, 0.3) is 0 Å². The first-order chi connectivity index (χ1) is 12.0. The number of hydrogen-bond donors (Lipinski definition) is 2. The Labute approximate surface area is 147 Å². The fourth-order valence-electron chi connectivity index (χ4n) is 3.08. The summed E-state index contributed by atoms with van der Waals surface area (Å²) in [5.41, 5.74) is 0.149. The lowest BCUT2D eigenvalue weighted by Gasteiger charge is -2.36. The second-order valence-electron chi connectivity index (χ2n) is 6.19. The van der Waals surface area contributed by atoms with E-state index in [2.05, 4.69) is 5.32 Å². The van der Waals surface area contributed by atoms with E-state index in [0.717, 1.165) is 5.56 Å². The summed E-state index contributed by atoms with van der Waals surface area (Å²) >= 11 is 0. The Hall–Kier alpha value is -2.28. The number of benzene rings is 1. The normalized spacial score (nSPS) is 16.1. The molecule has 1 saturated heterocycles. The van der Waals surface area contributed by atoms with Gasteiger partial charge in [0.2, 0.25) is 5.91 Å². The summed E-state index contributed by atoms with van der Waals surface area (Å²) in [5, 5.41) is 12.1. The van der Waals surface area contributed by atoms with Crippen molar-refractivity contribution < 1.29 is 28.9 Å². The first-order valence-electron chi connectivity index (χ1n) is 8.29. The number of rotatable bonds is 8. The van der Waals surface area contributed by atoms with Crippen LogP contribution in [0.2, 0.25) is 0 Å². The molecule has 0 spiro atoms. The van der Waals surface area contributed by atoms with Crippen LogP contribution in [0.4, 0.5) is 0 Å². The van der Waals surface area contributed by atoms with Crippen LogP contribution in [-0.4, -0.2) is 50.0 Å². The Balaban J connectivity index is 2.00. The molecule has 1 aromatic rings. The van der Waals surface area contributed by atoms with Crippen molar-refractivity contribution in [1.82, 2.24) is 5.32 Å². The van der Waals surface area contributed by atoms with Crippen LogP contribution < -0.4 is 14.8 Å². The summed E-state index contributed by atoms with van der Waals surface area (Å²) in [6.07, 6.45) is 1.64. The minimum absolute atomic E-state index is 0.0927. The molecule has 1 aliphatic rings. The van der Waals surface area contributed by atoms with Crippen LogP contribution in [0.15, 0.2) is 18.2 Å². The van der Waals surface area contributed by atoms with Crippen LogP contribution >= 0.6 is 0 Å². The smallest absolute Gasteiger partial charge is 0.305 e. The molecule has 7 heteroatoms. The Morgan fingerprint density at radius 1 is 1.24 bits per heavy atom. The van der Waals surface area contributed by atoms with Crippen molar-refractivity contribution >= 4 is 11.9 Å². The standard InChI is InChI=1S/C18H25NO6/c1-23-14-4-5-15(24-2)13(11-14)3-6-16(20)19-18(12-17(21)22)7-9-25-10-8-18/h4-5,11H,3,6-10,12H2,1-2H3,(H,19,20)(H,21,22). The first-order valence-corrected chi connectivity index (χ1v) is 8.29. The topological polar surface area (TPSA) is 94.1 Å². The molecule has 7 nitrogen and oxygen atoms in total. The quantitative estimate of drug-likeness (QED) is 0.741. The summed E-state index contributed by atoms with van der Waals surface area (Å²) in [7, 11) is 3.16. The van der Waals surface area contributed by atoms with Gasteiger partial charge in [-0.3, -0.25) is 9.59 Å². The first kappa shape index (κ1) is 19.1. The molecule has 1 fully saturated rings. The molecule has 25 heavy (non-hydrogen) atoms. The summed E-state index contributed by atoms with van der Waals surface area (Å²) < 4.78 is 15.8. The Morgan fingerprint density at radius 2 is 1.96 bits per heavy atom. The average Bonchev–Trinajstić information content (AvgIpc) is 2.59. The lowest BCUT2D eigenvalue weighted by Crippen LogP contribution is -2.53. The third-order valence-corrected chi connectivity index (χ3v) is 4.45. The number of amides is 1. The molecule has 0 aromatic heterocycles. The molecule has 0 unspecified atom stereocenters. The van der Waals surface area contributed by atoms with Crippen LogP contribution in [0.3, 0.4) is 0 Å². The van der Waals surface area contributed by atoms with Gasteiger partial charge in [0.05, 0.1) is 26.2 Å². The van der Waals surface area contributed by atoms with Gasteiger partial charge in [0.1, 0.15) is 11.5 Å². The number of hydrogen-bond acceptors (Lipinski definition) is 5. The number of carboxylic acid groups (broad SMARTS) is 1. The predicted molar refractivity (Wildman–Crippen MR) is 91.0 cm³/mol. The Kier molecular flexibility index (Phi) is 6.64. The number of aryl methyl sites for hydroxylation is 1. The SMILES string of the molecule is COc1ccc(OC)c(CCC(=O)NC2(CC(=O)O)CCOCC2)c1. The van der Waals surface area contributed by atoms with E-state index in [4.69, 9.17) is 19.3 Å². The van der Waals surface area contributed by atoms with Gasteiger partial charge in [-0.15, -0.1) is 0 Å². The van der Waals surface area contributed by atoms with Crippen molar-refractivity contribution in [3.63, 3.8) is 0 Å². The van der Waals surface area contributed by atoms with Gasteiger partial charge in [-0.2, -0.15) is 0 Å². The molecule has 0 saturated carbocycles. The molecule has 0 aliphatic carbocycles. The lowest BCUT2D eigenvalue weighted by molar-refractivity contribution is -0.140. The zero-order valence-electron chi connectivity index (χ0n) is 14.7. The highest BCUT2D eigenvalue weighted by Crippen LogP contribution is 2.27. The van der Waals surface area contributed by atoms with E-state index in [1.54, 1.807) is 26.4 Å². The largest absolute Gasteiger partial charge is 0.497 e. The highest BCUT2D eigenvalue weighted by molar-refractivity contribution is 5.78. The van der Waals surface area contributed by atoms with Crippen molar-refractivity contribution in [3.05, 3.63) is 23.8 Å². The summed E-state index contributed by atoms with van der Waals surface area (Å²) in [6.45, 7) is 0.911. The number of carboxylic acids is 1. The fourth-order valence-corrected chi connectivity index (χ4v) is 3.08. The summed E-state index contributed by atoms with van der Waals surface area (Å²) in [4.78, 5) is 23.6. The monoisotopic (exact) mass is 351 g/mol. The predicted octanol–water partition coefficient (Wildman–Crippen LogP) is 1.78. The maximum atomic E-state index is 12.4. The molecule has 1 amide bonds. The Bertz CT molecular complexity index is 610. The number of aliphatic carboxylic acids is 1. The second-order valence-corrected chi connectivity index (χ2v) is 6.19. The molecule has 0 radical (unpaired) electrons. The highest BCUT2D eigenvalue weighted by atomic mass is 16.5. The van der Waals surface area contributed by atoms with E-state index in [9.17, 15) is 9.59 Å². The second kappa shape index (κ2) is 8.71. The van der Waals surface area contributed by atoms with E-state index in [0.29, 0.717) is 44.0 Å². The number of carbonyl (C=O) groups excluding carboxylic acids is 1. The van der Waals surface area contributed by atoms with Crippen LogP contribution in [0, 0.1) is 0 Å². The van der Waals surface area contributed by atoms with Gasteiger partial charge >= 0.3 is 5.97 Å². The average molecular weight is 351 g/mol. The number of nitrogens with one attached hydrogen (secondary N) is 1. The van der Waals surface area contributed by atoms with E-state index in [-0.39, 0.29) is 18.7 Å². The van der Waals surface area contributed by atoms with Gasteiger partial charge < -0.3 is 24.6 Å². The molecule has 2 N–H and O–H groups in total. The van der Waals surface area contributed by atoms with Gasteiger partial charge in [0.15, 0.2) is 0 Å². The lowest BCUT2D eigenvalue weighted by atomic mass is 9.86. The number of carbonyl (C=O) groups is 2. The van der Waals surface area contributed by atoms with E-state index < -0.39 is 11.5 Å². The van der Waals surface area contributed by atoms with E-state index in [1.807, 2.05) is 6.07 Å². The van der Waals surface area contributed by atoms with Gasteiger partial charge in [-0.05, 0) is 43.0 Å². The molecule has 2 rings (SSSR count). The highest BCUT2D eigenvalue weighted by Gasteiger charge is 2.36. The Morgan fingerprint density at radius 3 is 2.56 bits per heavy atom. The third kappa shape index (κ3) is 5.35. The molecule has 1 aromatic carbocycles. The van der Waals surface area contributed by atoms with Crippen molar-refractivity contribution in [1.29, 1.82) is 0 Å². The number of ether oxygens (including phenoxy) is 3. The van der Waals surface area contributed by atoms with Crippen LogP contribution in [0.1, 0.15) is 31.2 Å². The summed E-state index contributed by atoms with van der Waals surface area (Å²) in [6, 6.07) is 5.44. The van der Waals surface area contributed by atoms with Gasteiger partial charge in [-0.25, -0.2) is 0 Å². The van der Waals surface area contributed by atoms with Crippen LogP contribution in [0.5, 0.6) is 11.5 Å². The van der Waals surface area contributed by atoms with Gasteiger partial charge in [-0.1, -0.05) is 0 Å². The molecular weight excluding hydrogens is 326 g/mol. The zero-order chi connectivity index (χ0) is 18.3. The molecule has 138 valence electrons. The van der Waals surface area contributed by atoms with Crippen molar-refractivity contribution in [2.75, 3.05) is 27.4 Å². The van der Waals surface area contributed by atoms with E-state index in [1.165, 1.54) is 0 Å². The third-order valence-electron chi connectivity index (χ3n) is 4.45. The maximum absolute atomic E-state index is 12.4. The minimum atomic E-state index is -0.920. The number of methoxy groups -OCH3 is 2. The van der Waals surface area contributed by atoms with Crippen molar-refractivity contribution in [2.45, 2.75) is 37.6 Å². The minimum Gasteiger partial charge on any atom is -0.497 e. The zero-order valence-corrected chi connectivity index (χ0v) is 14.7. The summed E-state index contributed by atoms with van der Waals surface area (Å²) in [5.74, 6) is 0.299. The van der Waals surface area contributed by atoms with Crippen LogP contribution in [-0.2, 0) is 20.7 Å².